The second kappa shape index (κ2) is 7.09. The molecule has 116 valence electrons. The van der Waals surface area contributed by atoms with E-state index in [4.69, 9.17) is 4.74 Å². The molecule has 2 aromatic carbocycles. The predicted octanol–water partition coefficient (Wildman–Crippen LogP) is 2.78. The Morgan fingerprint density at radius 2 is 1.82 bits per heavy atom. The van der Waals surface area contributed by atoms with Crippen molar-refractivity contribution in [3.8, 4) is 5.75 Å². The Balaban J connectivity index is 2.04. The zero-order valence-electron chi connectivity index (χ0n) is 13.1. The number of nitrogens with one attached hydrogen (secondary N) is 1. The van der Waals surface area contributed by atoms with Crippen LogP contribution in [0.3, 0.4) is 0 Å². The molecule has 22 heavy (non-hydrogen) atoms. The van der Waals surface area contributed by atoms with Gasteiger partial charge in [-0.2, -0.15) is 0 Å². The summed E-state index contributed by atoms with van der Waals surface area (Å²) in [7, 11) is 1.56. The number of ether oxygens (including phenoxy) is 1. The minimum Gasteiger partial charge on any atom is -0.496 e. The molecule has 0 saturated carbocycles. The van der Waals surface area contributed by atoms with E-state index in [0.29, 0.717) is 16.9 Å². The molecule has 2 aromatic rings. The molecule has 0 fully saturated rings. The summed E-state index contributed by atoms with van der Waals surface area (Å²) in [5, 5.41) is 13.0. The van der Waals surface area contributed by atoms with Crippen LogP contribution in [0, 0.1) is 13.8 Å². The average molecular weight is 299 g/mol. The van der Waals surface area contributed by atoms with E-state index in [-0.39, 0.29) is 12.5 Å². The topological polar surface area (TPSA) is 58.6 Å². The molecule has 1 amide bonds. The predicted molar refractivity (Wildman–Crippen MR) is 86.2 cm³/mol. The van der Waals surface area contributed by atoms with Crippen LogP contribution < -0.4 is 10.1 Å². The first-order valence-electron chi connectivity index (χ1n) is 7.18. The number of benzene rings is 2. The van der Waals surface area contributed by atoms with Crippen molar-refractivity contribution >= 4 is 5.91 Å². The molecule has 0 unspecified atom stereocenters. The fraction of sp³-hybridized carbons (Fsp3) is 0.278. The number of amides is 1. The normalized spacial score (nSPS) is 11.8. The smallest absolute Gasteiger partial charge is 0.251 e. The van der Waals surface area contributed by atoms with Gasteiger partial charge in [-0.25, -0.2) is 0 Å². The molecule has 0 aromatic heterocycles. The Morgan fingerprint density at radius 3 is 2.45 bits per heavy atom. The van der Waals surface area contributed by atoms with Crippen molar-refractivity contribution in [3.63, 3.8) is 0 Å². The number of carbonyl (C=O) groups is 1. The summed E-state index contributed by atoms with van der Waals surface area (Å²) in [5.74, 6) is 0.413. The van der Waals surface area contributed by atoms with Gasteiger partial charge in [-0.1, -0.05) is 35.4 Å². The Hall–Kier alpha value is -2.33. The third-order valence-corrected chi connectivity index (χ3v) is 3.44. The van der Waals surface area contributed by atoms with Gasteiger partial charge in [0.05, 0.1) is 13.2 Å². The van der Waals surface area contributed by atoms with Crippen LogP contribution in [0.1, 0.15) is 33.2 Å². The molecule has 0 aliphatic heterocycles. The molecule has 0 heterocycles. The van der Waals surface area contributed by atoms with Crippen molar-refractivity contribution in [1.82, 2.24) is 5.32 Å². The molecule has 0 aliphatic carbocycles. The van der Waals surface area contributed by atoms with E-state index in [2.05, 4.69) is 5.32 Å². The van der Waals surface area contributed by atoms with Gasteiger partial charge >= 0.3 is 0 Å². The van der Waals surface area contributed by atoms with Crippen LogP contribution in [0.4, 0.5) is 0 Å². The number of methoxy groups -OCH3 is 1. The van der Waals surface area contributed by atoms with Gasteiger partial charge in [0.1, 0.15) is 5.75 Å². The van der Waals surface area contributed by atoms with Gasteiger partial charge in [0.25, 0.3) is 5.91 Å². The van der Waals surface area contributed by atoms with E-state index < -0.39 is 6.10 Å². The van der Waals surface area contributed by atoms with Crippen molar-refractivity contribution in [2.45, 2.75) is 20.0 Å². The van der Waals surface area contributed by atoms with Gasteiger partial charge in [0.2, 0.25) is 0 Å². The van der Waals surface area contributed by atoms with Gasteiger partial charge in [0, 0.05) is 17.7 Å². The van der Waals surface area contributed by atoms with Gasteiger partial charge < -0.3 is 15.2 Å². The summed E-state index contributed by atoms with van der Waals surface area (Å²) >= 11 is 0. The van der Waals surface area contributed by atoms with Gasteiger partial charge in [0.15, 0.2) is 0 Å². The first-order chi connectivity index (χ1) is 10.5. The van der Waals surface area contributed by atoms with E-state index in [1.54, 1.807) is 19.2 Å². The van der Waals surface area contributed by atoms with Crippen LogP contribution in [-0.2, 0) is 0 Å². The van der Waals surface area contributed by atoms with Crippen LogP contribution >= 0.6 is 0 Å². The minimum atomic E-state index is -0.814. The first kappa shape index (κ1) is 16.0. The third-order valence-electron chi connectivity index (χ3n) is 3.44. The third kappa shape index (κ3) is 3.86. The monoisotopic (exact) mass is 299 g/mol. The average Bonchev–Trinajstić information content (AvgIpc) is 2.51. The number of hydrogen-bond acceptors (Lipinski definition) is 3. The SMILES string of the molecule is COc1ccccc1[C@@H](O)CNC(=O)c1cc(C)cc(C)c1. The second-order valence-corrected chi connectivity index (χ2v) is 5.34. The van der Waals surface area contributed by atoms with E-state index in [9.17, 15) is 9.90 Å². The number of aryl methyl sites for hydroxylation is 2. The van der Waals surface area contributed by atoms with Crippen molar-refractivity contribution in [1.29, 1.82) is 0 Å². The van der Waals surface area contributed by atoms with Gasteiger partial charge in [-0.3, -0.25) is 4.79 Å². The number of carbonyl (C=O) groups excluding carboxylic acids is 1. The van der Waals surface area contributed by atoms with Crippen LogP contribution in [0.5, 0.6) is 5.75 Å². The number of rotatable bonds is 5. The van der Waals surface area contributed by atoms with Gasteiger partial charge in [-0.05, 0) is 32.0 Å². The Kier molecular flexibility index (Phi) is 5.17. The summed E-state index contributed by atoms with van der Waals surface area (Å²) in [6.45, 7) is 4.03. The van der Waals surface area contributed by atoms with Crippen LogP contribution in [0.25, 0.3) is 0 Å². The lowest BCUT2D eigenvalue weighted by Gasteiger charge is -2.15. The van der Waals surface area contributed by atoms with Crippen LogP contribution in [0.2, 0.25) is 0 Å². The molecule has 2 rings (SSSR count). The Bertz CT molecular complexity index is 647. The summed E-state index contributed by atoms with van der Waals surface area (Å²) in [6.07, 6.45) is -0.814. The molecular weight excluding hydrogens is 278 g/mol. The maximum Gasteiger partial charge on any atom is 0.251 e. The fourth-order valence-corrected chi connectivity index (χ4v) is 2.45. The summed E-state index contributed by atoms with van der Waals surface area (Å²) in [4.78, 5) is 12.2. The second-order valence-electron chi connectivity index (χ2n) is 5.34. The molecule has 0 saturated heterocycles. The molecule has 4 heteroatoms. The molecule has 0 aliphatic rings. The highest BCUT2D eigenvalue weighted by Gasteiger charge is 2.14. The van der Waals surface area contributed by atoms with E-state index in [0.717, 1.165) is 11.1 Å². The maximum atomic E-state index is 12.2. The van der Waals surface area contributed by atoms with Crippen molar-refractivity contribution in [3.05, 3.63) is 64.7 Å². The summed E-state index contributed by atoms with van der Waals surface area (Å²) in [5.41, 5.74) is 3.33. The molecule has 0 bridgehead atoms. The van der Waals surface area contributed by atoms with E-state index in [1.165, 1.54) is 0 Å². The summed E-state index contributed by atoms with van der Waals surface area (Å²) < 4.78 is 5.22. The molecule has 0 radical (unpaired) electrons. The molecule has 2 N–H and O–H groups in total. The molecule has 0 spiro atoms. The lowest BCUT2D eigenvalue weighted by molar-refractivity contribution is 0.0914. The van der Waals surface area contributed by atoms with Crippen molar-refractivity contribution < 1.29 is 14.6 Å². The van der Waals surface area contributed by atoms with E-state index >= 15 is 0 Å². The Morgan fingerprint density at radius 1 is 1.18 bits per heavy atom. The highest BCUT2D eigenvalue weighted by molar-refractivity contribution is 5.94. The fourth-order valence-electron chi connectivity index (χ4n) is 2.45. The number of para-hydroxylation sites is 1. The standard InChI is InChI=1S/C18H21NO3/c1-12-8-13(2)10-14(9-12)18(21)19-11-16(20)15-6-4-5-7-17(15)22-3/h4-10,16,20H,11H2,1-3H3,(H,19,21)/t16-/m0/s1. The van der Waals surface area contributed by atoms with Crippen LogP contribution in [0.15, 0.2) is 42.5 Å². The minimum absolute atomic E-state index is 0.131. The Labute approximate surface area is 130 Å². The lowest BCUT2D eigenvalue weighted by atomic mass is 10.1. The lowest BCUT2D eigenvalue weighted by Crippen LogP contribution is -2.28. The first-order valence-corrected chi connectivity index (χ1v) is 7.18. The number of hydrogen-bond donors (Lipinski definition) is 2. The number of aliphatic hydroxyl groups excluding tert-OH is 1. The maximum absolute atomic E-state index is 12.2. The van der Waals surface area contributed by atoms with E-state index in [1.807, 2.05) is 44.2 Å². The van der Waals surface area contributed by atoms with Crippen molar-refractivity contribution in [2.75, 3.05) is 13.7 Å². The summed E-state index contributed by atoms with van der Waals surface area (Å²) in [6, 6.07) is 12.9. The highest BCUT2D eigenvalue weighted by atomic mass is 16.5. The van der Waals surface area contributed by atoms with Crippen LogP contribution in [-0.4, -0.2) is 24.7 Å². The molecule has 1 atom stereocenters. The van der Waals surface area contributed by atoms with Crippen molar-refractivity contribution in [2.24, 2.45) is 0 Å². The zero-order chi connectivity index (χ0) is 16.1. The molecule has 4 nitrogen and oxygen atoms in total. The van der Waals surface area contributed by atoms with Gasteiger partial charge in [-0.15, -0.1) is 0 Å². The zero-order valence-corrected chi connectivity index (χ0v) is 13.1. The highest BCUT2D eigenvalue weighted by Crippen LogP contribution is 2.24. The number of aliphatic hydroxyl groups is 1. The molecular formula is C18H21NO3. The largest absolute Gasteiger partial charge is 0.496 e. The quantitative estimate of drug-likeness (QED) is 0.892.